The highest BCUT2D eigenvalue weighted by atomic mass is 32.2. The zero-order chi connectivity index (χ0) is 9.97. The maximum Gasteiger partial charge on any atom is 0.176 e. The van der Waals surface area contributed by atoms with Gasteiger partial charge in [0.25, 0.3) is 0 Å². The Hall–Kier alpha value is -1.14. The Morgan fingerprint density at radius 1 is 1.36 bits per heavy atom. The summed E-state index contributed by atoms with van der Waals surface area (Å²) >= 11 is 2.85. The van der Waals surface area contributed by atoms with Crippen molar-refractivity contribution < 1.29 is 0 Å². The van der Waals surface area contributed by atoms with E-state index in [4.69, 9.17) is 5.73 Å². The fourth-order valence-electron chi connectivity index (χ4n) is 0.897. The average Bonchev–Trinajstić information content (AvgIpc) is 2.51. The number of nitrogens with zero attached hydrogens (tertiary/aromatic N) is 3. The van der Waals surface area contributed by atoms with E-state index in [0.717, 1.165) is 15.2 Å². The summed E-state index contributed by atoms with van der Waals surface area (Å²) in [5.41, 5.74) is 5.56. The van der Waals surface area contributed by atoms with E-state index in [0.29, 0.717) is 5.82 Å². The minimum Gasteiger partial charge on any atom is -0.384 e. The molecule has 0 spiro atoms. The summed E-state index contributed by atoms with van der Waals surface area (Å²) in [4.78, 5) is 8.38. The van der Waals surface area contributed by atoms with Gasteiger partial charge >= 0.3 is 0 Å². The van der Waals surface area contributed by atoms with Crippen LogP contribution in [0.4, 0.5) is 5.82 Å². The van der Waals surface area contributed by atoms with E-state index in [2.05, 4.69) is 14.3 Å². The lowest BCUT2D eigenvalue weighted by atomic mass is 10.5. The van der Waals surface area contributed by atoms with Crippen LogP contribution in [0.15, 0.2) is 27.6 Å². The summed E-state index contributed by atoms with van der Waals surface area (Å²) in [6.07, 6.45) is 0. The Labute approximate surface area is 89.8 Å². The Balaban J connectivity index is 2.18. The smallest absolute Gasteiger partial charge is 0.176 e. The largest absolute Gasteiger partial charge is 0.384 e. The molecule has 0 unspecified atom stereocenters. The Bertz CT molecular complexity index is 440. The third-order valence-electron chi connectivity index (χ3n) is 1.45. The predicted molar refractivity (Wildman–Crippen MR) is 57.4 cm³/mol. The fourth-order valence-corrected chi connectivity index (χ4v) is 2.49. The lowest BCUT2D eigenvalue weighted by Crippen LogP contribution is -1.89. The molecule has 0 amide bonds. The molecule has 0 fully saturated rings. The Morgan fingerprint density at radius 3 is 2.86 bits per heavy atom. The first-order valence-corrected chi connectivity index (χ1v) is 5.54. The molecule has 0 atom stereocenters. The molecule has 0 aromatic carbocycles. The highest BCUT2D eigenvalue weighted by Crippen LogP contribution is 2.27. The molecule has 14 heavy (non-hydrogen) atoms. The molecule has 0 saturated heterocycles. The fraction of sp³-hybridized carbons (Fsp3) is 0.125. The van der Waals surface area contributed by atoms with Crippen LogP contribution in [0.5, 0.6) is 0 Å². The third kappa shape index (κ3) is 2.21. The summed E-state index contributed by atoms with van der Waals surface area (Å²) in [6, 6.07) is 5.53. The van der Waals surface area contributed by atoms with Crippen molar-refractivity contribution in [3.63, 3.8) is 0 Å². The summed E-state index contributed by atoms with van der Waals surface area (Å²) in [5, 5.41) is 0.848. The van der Waals surface area contributed by atoms with Gasteiger partial charge in [-0.15, -0.1) is 0 Å². The lowest BCUT2D eigenvalue weighted by Gasteiger charge is -1.96. The van der Waals surface area contributed by atoms with Gasteiger partial charge in [0.1, 0.15) is 16.7 Å². The molecule has 0 aliphatic heterocycles. The van der Waals surface area contributed by atoms with Crippen LogP contribution in [0.1, 0.15) is 5.82 Å². The number of hydrogen-bond acceptors (Lipinski definition) is 6. The van der Waals surface area contributed by atoms with E-state index < -0.39 is 0 Å². The maximum absolute atomic E-state index is 5.56. The number of pyridine rings is 1. The van der Waals surface area contributed by atoms with Crippen LogP contribution in [0, 0.1) is 6.92 Å². The zero-order valence-corrected chi connectivity index (χ0v) is 9.10. The normalized spacial score (nSPS) is 10.4. The van der Waals surface area contributed by atoms with Gasteiger partial charge in [0, 0.05) is 0 Å². The van der Waals surface area contributed by atoms with Gasteiger partial charge in [-0.2, -0.15) is 4.37 Å². The number of rotatable bonds is 2. The van der Waals surface area contributed by atoms with Crippen molar-refractivity contribution in [3.8, 4) is 0 Å². The molecule has 0 aliphatic rings. The van der Waals surface area contributed by atoms with Gasteiger partial charge in [0.05, 0.1) is 0 Å². The van der Waals surface area contributed by atoms with E-state index >= 15 is 0 Å². The molecular weight excluding hydrogens is 216 g/mol. The van der Waals surface area contributed by atoms with Gasteiger partial charge < -0.3 is 5.73 Å². The number of aryl methyl sites for hydroxylation is 1. The second-order valence-electron chi connectivity index (χ2n) is 2.61. The molecule has 6 heteroatoms. The number of anilines is 1. The second-order valence-corrected chi connectivity index (χ2v) is 4.63. The maximum atomic E-state index is 5.56. The van der Waals surface area contributed by atoms with Crippen molar-refractivity contribution in [3.05, 3.63) is 24.0 Å². The lowest BCUT2D eigenvalue weighted by molar-refractivity contribution is 1.09. The standard InChI is InChI=1S/C8H8N4S2/c1-5-10-8(14-12-5)13-7-4-2-3-6(9)11-7/h2-4H,1H3,(H2,9,11). The third-order valence-corrected chi connectivity index (χ3v) is 3.22. The van der Waals surface area contributed by atoms with Crippen molar-refractivity contribution in [1.82, 2.24) is 14.3 Å². The van der Waals surface area contributed by atoms with Gasteiger partial charge in [-0.1, -0.05) is 6.07 Å². The first-order valence-electron chi connectivity index (χ1n) is 3.95. The molecule has 2 heterocycles. The Kier molecular flexibility index (Phi) is 2.64. The van der Waals surface area contributed by atoms with Gasteiger partial charge in [-0.3, -0.25) is 0 Å². The van der Waals surface area contributed by atoms with Crippen LogP contribution >= 0.6 is 23.3 Å². The molecular formula is C8H8N4S2. The molecule has 0 bridgehead atoms. The molecule has 0 saturated carbocycles. The molecule has 2 N–H and O–H groups in total. The summed E-state index contributed by atoms with van der Waals surface area (Å²) in [5.74, 6) is 1.32. The van der Waals surface area contributed by atoms with Crippen molar-refractivity contribution >= 4 is 29.1 Å². The van der Waals surface area contributed by atoms with E-state index in [1.165, 1.54) is 23.3 Å². The van der Waals surface area contributed by atoms with Gasteiger partial charge in [0.2, 0.25) is 0 Å². The SMILES string of the molecule is Cc1nsc(Sc2cccc(N)n2)n1. The van der Waals surface area contributed by atoms with Crippen LogP contribution < -0.4 is 5.73 Å². The van der Waals surface area contributed by atoms with E-state index in [-0.39, 0.29) is 0 Å². The van der Waals surface area contributed by atoms with Crippen LogP contribution in [-0.4, -0.2) is 14.3 Å². The summed E-state index contributed by atoms with van der Waals surface area (Å²) in [6.45, 7) is 1.87. The molecule has 2 rings (SSSR count). The van der Waals surface area contributed by atoms with Crippen LogP contribution in [-0.2, 0) is 0 Å². The summed E-state index contributed by atoms with van der Waals surface area (Å²) < 4.78 is 4.98. The van der Waals surface area contributed by atoms with E-state index in [1.807, 2.05) is 19.1 Å². The minimum atomic E-state index is 0.524. The van der Waals surface area contributed by atoms with Gasteiger partial charge in [-0.25, -0.2) is 9.97 Å². The summed E-state index contributed by atoms with van der Waals surface area (Å²) in [7, 11) is 0. The van der Waals surface area contributed by atoms with Crippen LogP contribution in [0.3, 0.4) is 0 Å². The molecule has 2 aromatic rings. The number of nitrogens with two attached hydrogens (primary N) is 1. The highest BCUT2D eigenvalue weighted by molar-refractivity contribution is 8.00. The molecule has 4 nitrogen and oxygen atoms in total. The van der Waals surface area contributed by atoms with Crippen LogP contribution in [0.2, 0.25) is 0 Å². The van der Waals surface area contributed by atoms with Crippen LogP contribution in [0.25, 0.3) is 0 Å². The predicted octanol–water partition coefficient (Wildman–Crippen LogP) is 1.97. The Morgan fingerprint density at radius 2 is 2.21 bits per heavy atom. The van der Waals surface area contributed by atoms with E-state index in [1.54, 1.807) is 6.07 Å². The van der Waals surface area contributed by atoms with Gasteiger partial charge in [0.15, 0.2) is 4.34 Å². The molecule has 0 radical (unpaired) electrons. The molecule has 72 valence electrons. The first kappa shape index (κ1) is 9.42. The van der Waals surface area contributed by atoms with Crippen molar-refractivity contribution in [2.75, 3.05) is 5.73 Å². The topological polar surface area (TPSA) is 64.7 Å². The highest BCUT2D eigenvalue weighted by Gasteiger charge is 2.03. The molecule has 0 aliphatic carbocycles. The number of hydrogen-bond donors (Lipinski definition) is 1. The quantitative estimate of drug-likeness (QED) is 0.845. The van der Waals surface area contributed by atoms with Crippen molar-refractivity contribution in [1.29, 1.82) is 0 Å². The van der Waals surface area contributed by atoms with Gasteiger partial charge in [-0.05, 0) is 42.4 Å². The minimum absolute atomic E-state index is 0.524. The zero-order valence-electron chi connectivity index (χ0n) is 7.47. The van der Waals surface area contributed by atoms with Crippen molar-refractivity contribution in [2.24, 2.45) is 0 Å². The molecule has 2 aromatic heterocycles. The average molecular weight is 224 g/mol. The second kappa shape index (κ2) is 3.93. The van der Waals surface area contributed by atoms with E-state index in [9.17, 15) is 0 Å². The first-order chi connectivity index (χ1) is 6.74. The number of nitrogen functional groups attached to an aromatic ring is 1. The van der Waals surface area contributed by atoms with Crippen molar-refractivity contribution in [2.45, 2.75) is 16.3 Å². The number of aromatic nitrogens is 3. The monoisotopic (exact) mass is 224 g/mol.